The topological polar surface area (TPSA) is 38.7 Å². The molecule has 0 aliphatic carbocycles. The highest BCUT2D eigenvalue weighted by atomic mass is 19.2. The maximum absolute atomic E-state index is 13.7. The highest BCUT2D eigenvalue weighted by Gasteiger charge is 2.31. The Balaban J connectivity index is 2.34. The maximum Gasteiger partial charge on any atom is 0.371 e. The van der Waals surface area contributed by atoms with Gasteiger partial charge in [0, 0.05) is 5.56 Å². The Hall–Kier alpha value is -3.03. The van der Waals surface area contributed by atoms with E-state index in [1.54, 1.807) is 36.4 Å². The Labute approximate surface area is 158 Å². The van der Waals surface area contributed by atoms with Crippen LogP contribution in [0.15, 0.2) is 47.6 Å². The summed E-state index contributed by atoms with van der Waals surface area (Å²) in [6.07, 6.45) is 5.88. The van der Waals surface area contributed by atoms with Crippen molar-refractivity contribution in [3.63, 3.8) is 0 Å². The normalized spacial score (nSPS) is 11.9. The van der Waals surface area contributed by atoms with Crippen LogP contribution in [0.3, 0.4) is 0 Å². The predicted molar refractivity (Wildman–Crippen MR) is 93.3 cm³/mol. The van der Waals surface area contributed by atoms with Crippen LogP contribution in [0.2, 0.25) is 0 Å². The Morgan fingerprint density at radius 3 is 2.11 bits per heavy atom. The monoisotopic (exact) mass is 397 g/mol. The van der Waals surface area contributed by atoms with Crippen LogP contribution < -0.4 is 0 Å². The molecule has 148 valence electrons. The average molecular weight is 397 g/mol. The molecule has 0 unspecified atom stereocenters. The van der Waals surface area contributed by atoms with E-state index in [1.807, 2.05) is 6.92 Å². The fourth-order valence-electron chi connectivity index (χ4n) is 2.23. The third-order valence-electron chi connectivity index (χ3n) is 3.71. The largest absolute Gasteiger partial charge is 0.371 e. The minimum absolute atomic E-state index is 0.147. The Morgan fingerprint density at radius 1 is 0.964 bits per heavy atom. The minimum Gasteiger partial charge on any atom is -0.312 e. The third kappa shape index (κ3) is 4.82. The van der Waals surface area contributed by atoms with Crippen molar-refractivity contribution in [3.8, 4) is 0 Å². The molecule has 0 saturated heterocycles. The van der Waals surface area contributed by atoms with Crippen molar-refractivity contribution < 1.29 is 31.6 Å². The van der Waals surface area contributed by atoms with E-state index in [1.165, 1.54) is 6.08 Å². The number of hydrogen-bond acceptors (Lipinski definition) is 3. The number of allylic oxidation sites excluding steroid dienone is 2. The predicted octanol–water partition coefficient (Wildman–Crippen LogP) is 5.69. The lowest BCUT2D eigenvalue weighted by Gasteiger charge is -2.06. The van der Waals surface area contributed by atoms with Gasteiger partial charge in [-0.1, -0.05) is 61.3 Å². The van der Waals surface area contributed by atoms with Crippen LogP contribution in [0.4, 0.5) is 22.0 Å². The van der Waals surface area contributed by atoms with Crippen LogP contribution in [0.5, 0.6) is 0 Å². The molecule has 0 spiro atoms. The zero-order valence-electron chi connectivity index (χ0n) is 14.8. The number of benzene rings is 2. The lowest BCUT2D eigenvalue weighted by atomic mass is 10.1. The molecule has 0 N–H and O–H groups in total. The van der Waals surface area contributed by atoms with Crippen molar-refractivity contribution >= 4 is 11.7 Å². The van der Waals surface area contributed by atoms with Crippen LogP contribution >= 0.6 is 0 Å². The number of oxime groups is 1. The molecule has 0 atom stereocenters. The SMILES string of the molecule is CCCC/C=C/C(=N/OC(=O)c1c(F)c(F)c(F)c(F)c1F)c1ccccc1. The average Bonchev–Trinajstić information content (AvgIpc) is 2.71. The Bertz CT molecular complexity index is 882. The highest BCUT2D eigenvalue weighted by Crippen LogP contribution is 2.23. The summed E-state index contributed by atoms with van der Waals surface area (Å²) in [7, 11) is 0. The lowest BCUT2D eigenvalue weighted by Crippen LogP contribution is -2.14. The van der Waals surface area contributed by atoms with Gasteiger partial charge in [-0.15, -0.1) is 0 Å². The van der Waals surface area contributed by atoms with Crippen molar-refractivity contribution in [3.05, 3.63) is 82.7 Å². The van der Waals surface area contributed by atoms with E-state index in [9.17, 15) is 26.7 Å². The second-order valence-electron chi connectivity index (χ2n) is 5.71. The maximum atomic E-state index is 13.7. The molecule has 3 nitrogen and oxygen atoms in total. The van der Waals surface area contributed by atoms with Crippen molar-refractivity contribution in [1.29, 1.82) is 0 Å². The number of halogens is 5. The van der Waals surface area contributed by atoms with Gasteiger partial charge in [-0.3, -0.25) is 0 Å². The van der Waals surface area contributed by atoms with Gasteiger partial charge in [0.15, 0.2) is 23.3 Å². The van der Waals surface area contributed by atoms with Crippen LogP contribution in [-0.4, -0.2) is 11.7 Å². The molecule has 0 heterocycles. The summed E-state index contributed by atoms with van der Waals surface area (Å²) in [6, 6.07) is 8.42. The minimum atomic E-state index is -2.36. The lowest BCUT2D eigenvalue weighted by molar-refractivity contribution is 0.0502. The van der Waals surface area contributed by atoms with E-state index in [0.717, 1.165) is 12.8 Å². The molecule has 0 aliphatic rings. The molecular weight excluding hydrogens is 381 g/mol. The van der Waals surface area contributed by atoms with Crippen LogP contribution in [0.1, 0.15) is 42.1 Å². The fourth-order valence-corrected chi connectivity index (χ4v) is 2.23. The fraction of sp³-hybridized carbons (Fsp3) is 0.200. The first-order chi connectivity index (χ1) is 13.4. The molecule has 2 aromatic rings. The van der Waals surface area contributed by atoms with Crippen LogP contribution in [0.25, 0.3) is 0 Å². The van der Waals surface area contributed by atoms with Gasteiger partial charge >= 0.3 is 5.97 Å². The van der Waals surface area contributed by atoms with E-state index in [2.05, 4.69) is 9.99 Å². The van der Waals surface area contributed by atoms with E-state index in [0.29, 0.717) is 12.0 Å². The highest BCUT2D eigenvalue weighted by molar-refractivity contribution is 6.08. The molecule has 28 heavy (non-hydrogen) atoms. The van der Waals surface area contributed by atoms with Gasteiger partial charge < -0.3 is 4.84 Å². The third-order valence-corrected chi connectivity index (χ3v) is 3.71. The number of rotatable bonds is 7. The quantitative estimate of drug-likeness (QED) is 0.115. The summed E-state index contributed by atoms with van der Waals surface area (Å²) in [5, 5.41) is 3.54. The molecule has 0 fully saturated rings. The molecule has 0 saturated carbocycles. The molecule has 0 amide bonds. The van der Waals surface area contributed by atoms with E-state index in [4.69, 9.17) is 0 Å². The molecule has 0 radical (unpaired) electrons. The van der Waals surface area contributed by atoms with Crippen molar-refractivity contribution in [2.24, 2.45) is 5.16 Å². The second-order valence-corrected chi connectivity index (χ2v) is 5.71. The summed E-state index contributed by atoms with van der Waals surface area (Å²) in [4.78, 5) is 16.4. The first-order valence-corrected chi connectivity index (χ1v) is 8.41. The second kappa shape index (κ2) is 9.77. The standard InChI is InChI=1S/C20H16F5NO2/c1-2-3-4-8-11-13(12-9-6-5-7-10-12)26-28-20(27)14-15(21)17(23)19(25)18(24)16(14)22/h5-11H,2-4H2,1H3/b11-8+,26-13-. The Morgan fingerprint density at radius 2 is 1.54 bits per heavy atom. The molecule has 0 aliphatic heterocycles. The van der Waals surface area contributed by atoms with Gasteiger partial charge in [-0.05, 0) is 12.5 Å². The molecule has 0 bridgehead atoms. The number of carbonyl (C=O) groups is 1. The van der Waals surface area contributed by atoms with Gasteiger partial charge in [-0.25, -0.2) is 26.7 Å². The number of nitrogens with zero attached hydrogens (tertiary/aromatic N) is 1. The van der Waals surface area contributed by atoms with Gasteiger partial charge in [0.05, 0.1) is 0 Å². The first kappa shape index (κ1) is 21.3. The number of carbonyl (C=O) groups excluding carboxylic acids is 1. The van der Waals surface area contributed by atoms with E-state index < -0.39 is 40.6 Å². The van der Waals surface area contributed by atoms with Crippen molar-refractivity contribution in [2.75, 3.05) is 0 Å². The van der Waals surface area contributed by atoms with Crippen LogP contribution in [0, 0.1) is 29.1 Å². The van der Waals surface area contributed by atoms with Gasteiger partial charge in [0.25, 0.3) is 0 Å². The molecule has 2 aromatic carbocycles. The summed E-state index contributed by atoms with van der Waals surface area (Å²) in [5.74, 6) is -13.2. The summed E-state index contributed by atoms with van der Waals surface area (Å²) in [5.41, 5.74) is -1.03. The molecule has 8 heteroatoms. The van der Waals surface area contributed by atoms with Crippen LogP contribution in [-0.2, 0) is 4.84 Å². The summed E-state index contributed by atoms with van der Waals surface area (Å²) >= 11 is 0. The zero-order chi connectivity index (χ0) is 20.7. The smallest absolute Gasteiger partial charge is 0.312 e. The molecule has 0 aromatic heterocycles. The van der Waals surface area contributed by atoms with Crippen molar-refractivity contribution in [1.82, 2.24) is 0 Å². The van der Waals surface area contributed by atoms with Gasteiger partial charge in [0.2, 0.25) is 5.82 Å². The van der Waals surface area contributed by atoms with Crippen molar-refractivity contribution in [2.45, 2.75) is 26.2 Å². The van der Waals surface area contributed by atoms with Gasteiger partial charge in [0.1, 0.15) is 11.3 Å². The van der Waals surface area contributed by atoms with E-state index in [-0.39, 0.29) is 5.71 Å². The molecular formula is C20H16F5NO2. The van der Waals surface area contributed by atoms with E-state index >= 15 is 0 Å². The summed E-state index contributed by atoms with van der Waals surface area (Å²) < 4.78 is 67.0. The number of unbranched alkanes of at least 4 members (excludes halogenated alkanes) is 2. The number of hydrogen-bond donors (Lipinski definition) is 0. The summed E-state index contributed by atoms with van der Waals surface area (Å²) in [6.45, 7) is 2.01. The Kier molecular flexibility index (Phi) is 7.43. The van der Waals surface area contributed by atoms with Gasteiger partial charge in [-0.2, -0.15) is 0 Å². The molecule has 2 rings (SSSR count). The zero-order valence-corrected chi connectivity index (χ0v) is 14.8. The first-order valence-electron chi connectivity index (χ1n) is 8.41.